The van der Waals surface area contributed by atoms with Crippen molar-refractivity contribution >= 4 is 11.8 Å². The van der Waals surface area contributed by atoms with Gasteiger partial charge in [0.1, 0.15) is 0 Å². The lowest BCUT2D eigenvalue weighted by Gasteiger charge is -2.35. The van der Waals surface area contributed by atoms with Crippen LogP contribution in [0.2, 0.25) is 0 Å². The summed E-state index contributed by atoms with van der Waals surface area (Å²) in [5, 5.41) is 4.29. The van der Waals surface area contributed by atoms with Crippen LogP contribution in [0, 0.1) is 12.8 Å². The highest BCUT2D eigenvalue weighted by Gasteiger charge is 2.22. The van der Waals surface area contributed by atoms with Gasteiger partial charge in [0.2, 0.25) is 0 Å². The Morgan fingerprint density at radius 1 is 1.35 bits per heavy atom. The Morgan fingerprint density at radius 3 is 2.73 bits per heavy atom. The molecule has 3 rings (SSSR count). The van der Waals surface area contributed by atoms with Crippen LogP contribution in [0.3, 0.4) is 0 Å². The molecule has 0 radical (unpaired) electrons. The molecule has 0 amide bonds. The predicted molar refractivity (Wildman–Crippen MR) is 112 cm³/mol. The third-order valence-electron chi connectivity index (χ3n) is 5.15. The molecule has 0 bridgehead atoms. The van der Waals surface area contributed by atoms with Crippen LogP contribution in [0.4, 0.5) is 0 Å². The maximum Gasteiger partial charge on any atom is 0.0564 e. The Hall–Kier alpha value is -2.10. The fraction of sp³-hybridized carbons (Fsp3) is 0.545. The van der Waals surface area contributed by atoms with Crippen LogP contribution in [0.15, 0.2) is 41.3 Å². The van der Waals surface area contributed by atoms with Gasteiger partial charge in [-0.15, -0.1) is 0 Å². The van der Waals surface area contributed by atoms with Gasteiger partial charge in [-0.25, -0.2) is 0 Å². The number of hydrogen-bond acceptors (Lipinski definition) is 3. The van der Waals surface area contributed by atoms with E-state index in [-0.39, 0.29) is 0 Å². The minimum atomic E-state index is 0.719. The minimum Gasteiger partial charge on any atom is -0.372 e. The number of piperidine rings is 1. The Morgan fingerprint density at radius 2 is 2.12 bits per heavy atom. The molecule has 1 atom stereocenters. The van der Waals surface area contributed by atoms with Crippen LogP contribution >= 0.6 is 0 Å². The monoisotopic (exact) mass is 354 g/mol. The summed E-state index contributed by atoms with van der Waals surface area (Å²) in [6.45, 7) is 14.7. The second-order valence-corrected chi connectivity index (χ2v) is 7.12. The van der Waals surface area contributed by atoms with Crippen molar-refractivity contribution in [2.24, 2.45) is 18.0 Å². The van der Waals surface area contributed by atoms with E-state index < -0.39 is 0 Å². The summed E-state index contributed by atoms with van der Waals surface area (Å²) >= 11 is 0. The molecule has 4 nitrogen and oxygen atoms in total. The Bertz CT molecular complexity index is 706. The van der Waals surface area contributed by atoms with E-state index in [2.05, 4.69) is 53.8 Å². The summed E-state index contributed by atoms with van der Waals surface area (Å²) in [4.78, 5) is 6.84. The van der Waals surface area contributed by atoms with Crippen molar-refractivity contribution in [3.05, 3.63) is 47.6 Å². The molecule has 1 aromatic heterocycles. The van der Waals surface area contributed by atoms with Crippen LogP contribution in [-0.4, -0.2) is 33.5 Å². The highest BCUT2D eigenvalue weighted by molar-refractivity contribution is 5.86. The van der Waals surface area contributed by atoms with E-state index in [1.807, 2.05) is 31.8 Å². The Labute approximate surface area is 159 Å². The van der Waals surface area contributed by atoms with E-state index in [0.717, 1.165) is 36.7 Å². The molecule has 26 heavy (non-hydrogen) atoms. The first-order chi connectivity index (χ1) is 12.5. The fourth-order valence-electron chi connectivity index (χ4n) is 3.58. The van der Waals surface area contributed by atoms with Crippen LogP contribution in [0.25, 0.3) is 6.08 Å². The van der Waals surface area contributed by atoms with Gasteiger partial charge in [0.25, 0.3) is 0 Å². The molecule has 0 aliphatic carbocycles. The summed E-state index contributed by atoms with van der Waals surface area (Å²) < 4.78 is 1.90. The molecule has 3 heterocycles. The smallest absolute Gasteiger partial charge is 0.0564 e. The highest BCUT2D eigenvalue weighted by atomic mass is 15.3. The zero-order chi connectivity index (χ0) is 19.1. The van der Waals surface area contributed by atoms with Crippen LogP contribution < -0.4 is 0 Å². The first kappa shape index (κ1) is 20.2. The molecule has 1 fully saturated rings. The average Bonchev–Trinajstić information content (AvgIpc) is 3.21. The van der Waals surface area contributed by atoms with Gasteiger partial charge < -0.3 is 4.90 Å². The molecule has 0 unspecified atom stereocenters. The van der Waals surface area contributed by atoms with E-state index in [4.69, 9.17) is 0 Å². The van der Waals surface area contributed by atoms with Gasteiger partial charge in [-0.3, -0.25) is 9.67 Å². The molecular weight excluding hydrogens is 320 g/mol. The number of aryl methyl sites for hydroxylation is 1. The van der Waals surface area contributed by atoms with Crippen molar-refractivity contribution < 1.29 is 0 Å². The summed E-state index contributed by atoms with van der Waals surface area (Å²) in [6, 6.07) is 0. The number of rotatable bonds is 5. The number of aliphatic imine (C=N–C) groups is 1. The Kier molecular flexibility index (Phi) is 7.43. The molecule has 2 aliphatic rings. The standard InChI is InChI=1S/C20H28N4.C2H6/c1-15-10-19(12-21-15)11-18-6-5-9-24(14-18)16(2)7-8-20-13-22-23(4)17(20)3;1-2/h7-8,12-13,18H,2,5-6,9-11,14H2,1,3-4H3;1-2H3/b8-7+;/t18-;/m0./s1. The van der Waals surface area contributed by atoms with Crippen LogP contribution in [-0.2, 0) is 7.05 Å². The van der Waals surface area contributed by atoms with E-state index in [1.54, 1.807) is 0 Å². The quantitative estimate of drug-likeness (QED) is 0.687. The van der Waals surface area contributed by atoms with E-state index in [9.17, 15) is 0 Å². The molecule has 4 heteroatoms. The molecule has 0 spiro atoms. The van der Waals surface area contributed by atoms with Crippen molar-refractivity contribution in [2.45, 2.75) is 53.4 Å². The number of likely N-dealkylation sites (tertiary alicyclic amines) is 1. The normalized spacial score (nSPS) is 19.9. The summed E-state index contributed by atoms with van der Waals surface area (Å²) in [7, 11) is 1.97. The van der Waals surface area contributed by atoms with Gasteiger partial charge in [0.05, 0.1) is 6.20 Å². The van der Waals surface area contributed by atoms with Crippen LogP contribution in [0.5, 0.6) is 0 Å². The van der Waals surface area contributed by atoms with Gasteiger partial charge in [-0.1, -0.05) is 20.4 Å². The molecular formula is C22H34N4. The third kappa shape index (κ3) is 5.20. The zero-order valence-electron chi connectivity index (χ0n) is 17.1. The number of aromatic nitrogens is 2. The van der Waals surface area contributed by atoms with Gasteiger partial charge in [-0.05, 0) is 56.8 Å². The second kappa shape index (κ2) is 9.56. The van der Waals surface area contributed by atoms with Crippen molar-refractivity contribution in [2.75, 3.05) is 13.1 Å². The number of allylic oxidation sites excluding steroid dienone is 2. The van der Waals surface area contributed by atoms with Gasteiger partial charge in [0, 0.05) is 55.4 Å². The predicted octanol–water partition coefficient (Wildman–Crippen LogP) is 5.13. The van der Waals surface area contributed by atoms with Gasteiger partial charge >= 0.3 is 0 Å². The first-order valence-corrected chi connectivity index (χ1v) is 9.84. The zero-order valence-corrected chi connectivity index (χ0v) is 17.1. The number of nitrogens with zero attached hydrogens (tertiary/aromatic N) is 4. The van der Waals surface area contributed by atoms with Gasteiger partial charge in [0.15, 0.2) is 0 Å². The SMILES string of the molecule is C=C(/C=C/c1cnn(C)c1C)N1CCC[C@@H](CC2=CN=C(C)C2)C1.CC. The number of hydrogen-bond donors (Lipinski definition) is 0. The largest absolute Gasteiger partial charge is 0.372 e. The van der Waals surface area contributed by atoms with Crippen molar-refractivity contribution in [3.8, 4) is 0 Å². The van der Waals surface area contributed by atoms with Gasteiger partial charge in [-0.2, -0.15) is 5.10 Å². The lowest BCUT2D eigenvalue weighted by Crippen LogP contribution is -2.34. The maximum absolute atomic E-state index is 4.41. The molecule has 1 saturated heterocycles. The molecule has 1 aromatic rings. The lowest BCUT2D eigenvalue weighted by atomic mass is 9.90. The lowest BCUT2D eigenvalue weighted by molar-refractivity contribution is 0.222. The minimum absolute atomic E-state index is 0.719. The van der Waals surface area contributed by atoms with E-state index in [1.165, 1.54) is 36.2 Å². The Balaban J connectivity index is 0.00000117. The summed E-state index contributed by atoms with van der Waals surface area (Å²) in [6.07, 6.45) is 13.1. The van der Waals surface area contributed by atoms with Crippen molar-refractivity contribution in [1.29, 1.82) is 0 Å². The van der Waals surface area contributed by atoms with E-state index >= 15 is 0 Å². The molecule has 142 valence electrons. The topological polar surface area (TPSA) is 33.4 Å². The molecule has 0 saturated carbocycles. The van der Waals surface area contributed by atoms with Crippen molar-refractivity contribution in [1.82, 2.24) is 14.7 Å². The molecule has 0 aromatic carbocycles. The molecule has 2 aliphatic heterocycles. The highest BCUT2D eigenvalue weighted by Crippen LogP contribution is 2.28. The summed E-state index contributed by atoms with van der Waals surface area (Å²) in [5.41, 5.74) is 6.19. The van der Waals surface area contributed by atoms with E-state index in [0.29, 0.717) is 0 Å². The second-order valence-electron chi connectivity index (χ2n) is 7.12. The third-order valence-corrected chi connectivity index (χ3v) is 5.15. The van der Waals surface area contributed by atoms with Crippen molar-refractivity contribution in [3.63, 3.8) is 0 Å². The summed E-state index contributed by atoms with van der Waals surface area (Å²) in [5.74, 6) is 0.719. The van der Waals surface area contributed by atoms with Crippen LogP contribution in [0.1, 0.15) is 57.7 Å². The average molecular weight is 355 g/mol. The fourth-order valence-corrected chi connectivity index (χ4v) is 3.58. The molecule has 0 N–H and O–H groups in total. The first-order valence-electron chi connectivity index (χ1n) is 9.84. The maximum atomic E-state index is 4.41.